The summed E-state index contributed by atoms with van der Waals surface area (Å²) < 4.78 is 0. The lowest BCUT2D eigenvalue weighted by Gasteiger charge is -2.19. The number of amides is 1. The predicted octanol–water partition coefficient (Wildman–Crippen LogP) is 3.59. The number of benzene rings is 1. The molecule has 1 rings (SSSR count). The molecule has 0 aliphatic rings. The summed E-state index contributed by atoms with van der Waals surface area (Å²) in [6.07, 6.45) is 1.04. The van der Waals surface area contributed by atoms with E-state index in [9.17, 15) is 4.79 Å². The molecule has 0 aromatic heterocycles. The van der Waals surface area contributed by atoms with Gasteiger partial charge in [-0.15, -0.1) is 0 Å². The number of anilines is 1. The molecule has 1 aromatic rings. The molecule has 0 radical (unpaired) electrons. The van der Waals surface area contributed by atoms with Crippen LogP contribution >= 0.6 is 0 Å². The summed E-state index contributed by atoms with van der Waals surface area (Å²) in [4.78, 5) is 12.3. The lowest BCUT2D eigenvalue weighted by atomic mass is 10.0. The van der Waals surface area contributed by atoms with Crippen LogP contribution in [0.1, 0.15) is 50.0 Å². The Balaban J connectivity index is 2.90. The molecular weight excluding hydrogens is 236 g/mol. The van der Waals surface area contributed by atoms with Crippen molar-refractivity contribution in [2.24, 2.45) is 5.92 Å². The maximum absolute atomic E-state index is 12.3. The third kappa shape index (κ3) is 4.58. The van der Waals surface area contributed by atoms with Crippen LogP contribution in [0.4, 0.5) is 5.69 Å². The van der Waals surface area contributed by atoms with Gasteiger partial charge in [-0.1, -0.05) is 32.4 Å². The molecule has 3 nitrogen and oxygen atoms in total. The first-order valence-corrected chi connectivity index (χ1v) is 7.11. The Labute approximate surface area is 116 Å². The van der Waals surface area contributed by atoms with E-state index in [-0.39, 0.29) is 11.9 Å². The van der Waals surface area contributed by atoms with Gasteiger partial charge < -0.3 is 10.6 Å². The van der Waals surface area contributed by atoms with Gasteiger partial charge in [0.05, 0.1) is 5.56 Å². The highest BCUT2D eigenvalue weighted by molar-refractivity contribution is 6.00. The van der Waals surface area contributed by atoms with Crippen LogP contribution in [0, 0.1) is 12.8 Å². The molecule has 1 aromatic carbocycles. The van der Waals surface area contributed by atoms with Crippen LogP contribution in [0.2, 0.25) is 0 Å². The Kier molecular flexibility index (Phi) is 5.87. The Hall–Kier alpha value is -1.51. The Morgan fingerprint density at radius 1 is 1.26 bits per heavy atom. The highest BCUT2D eigenvalue weighted by atomic mass is 16.1. The van der Waals surface area contributed by atoms with Gasteiger partial charge in [0.25, 0.3) is 5.91 Å². The minimum absolute atomic E-state index is 0.00324. The second-order valence-electron chi connectivity index (χ2n) is 5.48. The topological polar surface area (TPSA) is 41.1 Å². The molecule has 0 spiro atoms. The van der Waals surface area contributed by atoms with Crippen LogP contribution in [-0.2, 0) is 0 Å². The van der Waals surface area contributed by atoms with Crippen LogP contribution in [0.15, 0.2) is 18.2 Å². The number of hydrogen-bond acceptors (Lipinski definition) is 2. The van der Waals surface area contributed by atoms with Crippen LogP contribution in [0.5, 0.6) is 0 Å². The average molecular weight is 262 g/mol. The van der Waals surface area contributed by atoms with Crippen molar-refractivity contribution in [2.75, 3.05) is 11.9 Å². The summed E-state index contributed by atoms with van der Waals surface area (Å²) in [5.41, 5.74) is 2.76. The normalized spacial score (nSPS) is 12.3. The molecule has 0 heterocycles. The zero-order valence-electron chi connectivity index (χ0n) is 12.7. The molecule has 2 N–H and O–H groups in total. The van der Waals surface area contributed by atoms with Crippen molar-refractivity contribution in [2.45, 2.75) is 47.1 Å². The van der Waals surface area contributed by atoms with Crippen molar-refractivity contribution in [3.8, 4) is 0 Å². The van der Waals surface area contributed by atoms with Gasteiger partial charge in [0.1, 0.15) is 0 Å². The van der Waals surface area contributed by atoms with Crippen LogP contribution in [0.25, 0.3) is 0 Å². The quantitative estimate of drug-likeness (QED) is 0.822. The molecule has 1 atom stereocenters. The molecule has 3 heteroatoms. The number of carbonyl (C=O) groups is 1. The van der Waals surface area contributed by atoms with Crippen molar-refractivity contribution in [1.82, 2.24) is 5.32 Å². The van der Waals surface area contributed by atoms with Gasteiger partial charge in [-0.25, -0.2) is 0 Å². The summed E-state index contributed by atoms with van der Waals surface area (Å²) >= 11 is 0. The maximum atomic E-state index is 12.3. The van der Waals surface area contributed by atoms with E-state index in [0.717, 1.165) is 29.8 Å². The van der Waals surface area contributed by atoms with E-state index >= 15 is 0 Å². The Morgan fingerprint density at radius 3 is 2.53 bits per heavy atom. The van der Waals surface area contributed by atoms with E-state index < -0.39 is 0 Å². The number of aryl methyl sites for hydroxylation is 1. The first-order chi connectivity index (χ1) is 8.95. The highest BCUT2D eigenvalue weighted by Crippen LogP contribution is 2.18. The molecular formula is C16H26N2O. The average Bonchev–Trinajstić information content (AvgIpc) is 2.36. The first-order valence-electron chi connectivity index (χ1n) is 7.11. The molecule has 1 unspecified atom stereocenters. The fourth-order valence-electron chi connectivity index (χ4n) is 1.71. The highest BCUT2D eigenvalue weighted by Gasteiger charge is 2.15. The van der Waals surface area contributed by atoms with Crippen molar-refractivity contribution in [3.05, 3.63) is 29.3 Å². The lowest BCUT2D eigenvalue weighted by Crippen LogP contribution is -2.36. The van der Waals surface area contributed by atoms with Gasteiger partial charge >= 0.3 is 0 Å². The molecule has 0 aliphatic heterocycles. The molecule has 1 amide bonds. The predicted molar refractivity (Wildman–Crippen MR) is 81.7 cm³/mol. The van der Waals surface area contributed by atoms with Gasteiger partial charge in [-0.2, -0.15) is 0 Å². The van der Waals surface area contributed by atoms with E-state index in [1.807, 2.05) is 32.0 Å². The number of rotatable bonds is 6. The molecule has 19 heavy (non-hydrogen) atoms. The summed E-state index contributed by atoms with van der Waals surface area (Å²) in [6, 6.07) is 6.13. The SMILES string of the molecule is CCCNc1ccc(C)cc1C(=O)NC(C)C(C)C. The zero-order valence-corrected chi connectivity index (χ0v) is 12.7. The Bertz CT molecular complexity index is 427. The van der Waals surface area contributed by atoms with Gasteiger partial charge in [0, 0.05) is 18.3 Å². The molecule has 0 aliphatic carbocycles. The summed E-state index contributed by atoms with van der Waals surface area (Å²) in [5.74, 6) is 0.435. The molecule has 0 bridgehead atoms. The second kappa shape index (κ2) is 7.17. The molecule has 0 fully saturated rings. The maximum Gasteiger partial charge on any atom is 0.253 e. The number of nitrogens with one attached hydrogen (secondary N) is 2. The van der Waals surface area contributed by atoms with E-state index in [1.165, 1.54) is 0 Å². The minimum Gasteiger partial charge on any atom is -0.384 e. The smallest absolute Gasteiger partial charge is 0.253 e. The minimum atomic E-state index is 0.00324. The van der Waals surface area contributed by atoms with Gasteiger partial charge in [-0.3, -0.25) is 4.79 Å². The summed E-state index contributed by atoms with van der Waals surface area (Å²) in [5, 5.41) is 6.37. The fraction of sp³-hybridized carbons (Fsp3) is 0.562. The molecule has 0 saturated carbocycles. The summed E-state index contributed by atoms with van der Waals surface area (Å²) in [7, 11) is 0. The molecule has 0 saturated heterocycles. The van der Waals surface area contributed by atoms with Crippen LogP contribution in [-0.4, -0.2) is 18.5 Å². The van der Waals surface area contributed by atoms with Gasteiger partial charge in [-0.05, 0) is 38.3 Å². The Morgan fingerprint density at radius 2 is 1.95 bits per heavy atom. The van der Waals surface area contributed by atoms with Crippen molar-refractivity contribution >= 4 is 11.6 Å². The second-order valence-corrected chi connectivity index (χ2v) is 5.48. The van der Waals surface area contributed by atoms with E-state index in [1.54, 1.807) is 0 Å². The molecule has 106 valence electrons. The van der Waals surface area contributed by atoms with E-state index in [2.05, 4.69) is 31.4 Å². The van der Waals surface area contributed by atoms with Crippen LogP contribution in [0.3, 0.4) is 0 Å². The third-order valence-electron chi connectivity index (χ3n) is 3.34. The van der Waals surface area contributed by atoms with Crippen LogP contribution < -0.4 is 10.6 Å². The lowest BCUT2D eigenvalue weighted by molar-refractivity contribution is 0.0931. The standard InChI is InChI=1S/C16H26N2O/c1-6-9-17-15-8-7-12(4)10-14(15)16(19)18-13(5)11(2)3/h7-8,10-11,13,17H,6,9H2,1-5H3,(H,18,19). The van der Waals surface area contributed by atoms with E-state index in [4.69, 9.17) is 0 Å². The van der Waals surface area contributed by atoms with Crippen molar-refractivity contribution in [1.29, 1.82) is 0 Å². The third-order valence-corrected chi connectivity index (χ3v) is 3.34. The first kappa shape index (κ1) is 15.5. The van der Waals surface area contributed by atoms with Crippen molar-refractivity contribution < 1.29 is 4.79 Å². The van der Waals surface area contributed by atoms with Gasteiger partial charge in [0.15, 0.2) is 0 Å². The van der Waals surface area contributed by atoms with Gasteiger partial charge in [0.2, 0.25) is 0 Å². The van der Waals surface area contributed by atoms with Crippen molar-refractivity contribution in [3.63, 3.8) is 0 Å². The summed E-state index contributed by atoms with van der Waals surface area (Å²) in [6.45, 7) is 11.3. The van der Waals surface area contributed by atoms with E-state index in [0.29, 0.717) is 5.92 Å². The zero-order chi connectivity index (χ0) is 14.4. The monoisotopic (exact) mass is 262 g/mol. The largest absolute Gasteiger partial charge is 0.384 e. The number of hydrogen-bond donors (Lipinski definition) is 2. The fourth-order valence-corrected chi connectivity index (χ4v) is 1.71. The number of carbonyl (C=O) groups excluding carboxylic acids is 1.